The third kappa shape index (κ3) is 3.45. The molecular weight excluding hydrogens is 354 g/mol. The van der Waals surface area contributed by atoms with Gasteiger partial charge >= 0.3 is 0 Å². The highest BCUT2D eigenvalue weighted by molar-refractivity contribution is 5.91. The Balaban J connectivity index is 1.58. The van der Waals surface area contributed by atoms with Gasteiger partial charge in [-0.1, -0.05) is 30.3 Å². The molecule has 1 aromatic heterocycles. The Morgan fingerprint density at radius 2 is 1.96 bits per heavy atom. The van der Waals surface area contributed by atoms with Crippen LogP contribution < -0.4 is 19.4 Å². The second-order valence-corrected chi connectivity index (χ2v) is 6.79. The van der Waals surface area contributed by atoms with Crippen molar-refractivity contribution in [1.82, 2.24) is 4.57 Å². The van der Waals surface area contributed by atoms with Crippen LogP contribution in [0.15, 0.2) is 54.7 Å². The summed E-state index contributed by atoms with van der Waals surface area (Å²) in [5.74, 6) is 2.36. The SMILES string of the molecule is COc1ccc(OC)c(NC(=O)C[n+]2cc(-c3ccccc3)n3c2CCC3)c1. The Hall–Kier alpha value is -3.28. The number of hydrogen-bond acceptors (Lipinski definition) is 3. The number of imidazole rings is 1. The molecule has 2 heterocycles. The highest BCUT2D eigenvalue weighted by Gasteiger charge is 2.29. The van der Waals surface area contributed by atoms with Crippen molar-refractivity contribution in [1.29, 1.82) is 0 Å². The van der Waals surface area contributed by atoms with Crippen molar-refractivity contribution in [2.75, 3.05) is 19.5 Å². The summed E-state index contributed by atoms with van der Waals surface area (Å²) < 4.78 is 15.0. The van der Waals surface area contributed by atoms with E-state index in [0.717, 1.165) is 25.1 Å². The largest absolute Gasteiger partial charge is 0.497 e. The number of aromatic nitrogens is 2. The molecule has 3 aromatic rings. The van der Waals surface area contributed by atoms with Gasteiger partial charge < -0.3 is 14.8 Å². The summed E-state index contributed by atoms with van der Waals surface area (Å²) in [4.78, 5) is 12.8. The zero-order valence-corrected chi connectivity index (χ0v) is 16.1. The maximum Gasteiger partial charge on any atom is 0.266 e. The van der Waals surface area contributed by atoms with E-state index < -0.39 is 0 Å². The summed E-state index contributed by atoms with van der Waals surface area (Å²) in [6, 6.07) is 15.6. The number of rotatable bonds is 6. The first kappa shape index (κ1) is 18.1. The summed E-state index contributed by atoms with van der Waals surface area (Å²) in [6.45, 7) is 1.24. The number of ether oxygens (including phenoxy) is 2. The van der Waals surface area contributed by atoms with E-state index in [9.17, 15) is 4.79 Å². The Morgan fingerprint density at radius 1 is 1.14 bits per heavy atom. The quantitative estimate of drug-likeness (QED) is 0.671. The van der Waals surface area contributed by atoms with Gasteiger partial charge in [0.1, 0.15) is 17.7 Å². The lowest BCUT2D eigenvalue weighted by atomic mass is 10.2. The van der Waals surface area contributed by atoms with Crippen molar-refractivity contribution in [2.24, 2.45) is 0 Å². The van der Waals surface area contributed by atoms with Crippen LogP contribution in [0, 0.1) is 0 Å². The van der Waals surface area contributed by atoms with Crippen LogP contribution >= 0.6 is 0 Å². The standard InChI is InChI=1S/C22H23N3O3/c1-27-17-10-11-20(28-2)18(13-17)23-21(26)15-24-14-19(16-7-4-3-5-8-16)25-12-6-9-22(24)25/h3-5,7-8,10-11,13-14H,6,9,12,15H2,1-2H3/p+1. The molecule has 144 valence electrons. The molecule has 6 heteroatoms. The van der Waals surface area contributed by atoms with Crippen LogP contribution in [0.1, 0.15) is 12.2 Å². The average molecular weight is 378 g/mol. The lowest BCUT2D eigenvalue weighted by molar-refractivity contribution is -0.690. The smallest absolute Gasteiger partial charge is 0.266 e. The van der Waals surface area contributed by atoms with Crippen LogP contribution in [0.2, 0.25) is 0 Å². The molecule has 1 aliphatic rings. The van der Waals surface area contributed by atoms with Gasteiger partial charge in [0.05, 0.1) is 32.9 Å². The van der Waals surface area contributed by atoms with Crippen molar-refractivity contribution in [2.45, 2.75) is 25.9 Å². The molecule has 2 aromatic carbocycles. The molecule has 0 saturated carbocycles. The van der Waals surface area contributed by atoms with Gasteiger partial charge in [-0.3, -0.25) is 4.79 Å². The molecule has 0 saturated heterocycles. The van der Waals surface area contributed by atoms with Crippen molar-refractivity contribution < 1.29 is 18.8 Å². The Morgan fingerprint density at radius 3 is 2.71 bits per heavy atom. The van der Waals surface area contributed by atoms with E-state index in [1.807, 2.05) is 18.2 Å². The second kappa shape index (κ2) is 7.76. The predicted octanol–water partition coefficient (Wildman–Crippen LogP) is 3.04. The van der Waals surface area contributed by atoms with Crippen LogP contribution in [0.5, 0.6) is 11.5 Å². The lowest BCUT2D eigenvalue weighted by Gasteiger charge is -2.11. The number of fused-ring (bicyclic) bond motifs is 1. The van der Waals surface area contributed by atoms with Crippen LogP contribution in [-0.4, -0.2) is 24.7 Å². The second-order valence-electron chi connectivity index (χ2n) is 6.79. The van der Waals surface area contributed by atoms with Gasteiger partial charge in [0, 0.05) is 11.6 Å². The van der Waals surface area contributed by atoms with E-state index in [2.05, 4.69) is 32.8 Å². The van der Waals surface area contributed by atoms with Crippen molar-refractivity contribution in [3.8, 4) is 22.8 Å². The number of hydrogen-bond donors (Lipinski definition) is 1. The predicted molar refractivity (Wildman–Crippen MR) is 107 cm³/mol. The molecular formula is C22H24N3O3+. The summed E-state index contributed by atoms with van der Waals surface area (Å²) >= 11 is 0. The van der Waals surface area contributed by atoms with Gasteiger partial charge in [-0.05, 0) is 18.6 Å². The number of nitrogens with one attached hydrogen (secondary N) is 1. The molecule has 4 rings (SSSR count). The first-order valence-corrected chi connectivity index (χ1v) is 9.38. The normalized spacial score (nSPS) is 12.5. The minimum Gasteiger partial charge on any atom is -0.497 e. The van der Waals surface area contributed by atoms with E-state index in [0.29, 0.717) is 17.2 Å². The first-order valence-electron chi connectivity index (χ1n) is 9.38. The third-order valence-corrected chi connectivity index (χ3v) is 5.06. The van der Waals surface area contributed by atoms with Gasteiger partial charge in [-0.2, -0.15) is 0 Å². The topological polar surface area (TPSA) is 56.4 Å². The third-order valence-electron chi connectivity index (χ3n) is 5.06. The fourth-order valence-electron chi connectivity index (χ4n) is 3.74. The molecule has 0 unspecified atom stereocenters. The zero-order chi connectivity index (χ0) is 19.5. The Bertz CT molecular complexity index is 996. The molecule has 0 spiro atoms. The first-order chi connectivity index (χ1) is 13.7. The number of carbonyl (C=O) groups is 1. The monoisotopic (exact) mass is 378 g/mol. The van der Waals surface area contributed by atoms with Gasteiger partial charge in [0.15, 0.2) is 12.2 Å². The van der Waals surface area contributed by atoms with Gasteiger partial charge in [-0.15, -0.1) is 0 Å². The molecule has 1 amide bonds. The highest BCUT2D eigenvalue weighted by Crippen LogP contribution is 2.29. The molecule has 0 fully saturated rings. The number of nitrogens with zero attached hydrogens (tertiary/aromatic N) is 2. The fourth-order valence-corrected chi connectivity index (χ4v) is 3.74. The van der Waals surface area contributed by atoms with E-state index in [4.69, 9.17) is 9.47 Å². The molecule has 0 radical (unpaired) electrons. The Kier molecular flexibility index (Phi) is 5.02. The maximum absolute atomic E-state index is 12.8. The molecule has 1 N–H and O–H groups in total. The zero-order valence-electron chi connectivity index (χ0n) is 16.1. The van der Waals surface area contributed by atoms with E-state index in [1.54, 1.807) is 32.4 Å². The number of carbonyl (C=O) groups excluding carboxylic acids is 1. The molecule has 28 heavy (non-hydrogen) atoms. The molecule has 0 bridgehead atoms. The number of amides is 1. The van der Waals surface area contributed by atoms with Crippen LogP contribution in [0.25, 0.3) is 11.3 Å². The summed E-state index contributed by atoms with van der Waals surface area (Å²) in [7, 11) is 3.18. The lowest BCUT2D eigenvalue weighted by Crippen LogP contribution is -2.42. The van der Waals surface area contributed by atoms with E-state index in [1.165, 1.54) is 11.4 Å². The number of anilines is 1. The summed E-state index contributed by atoms with van der Waals surface area (Å²) in [5.41, 5.74) is 2.92. The van der Waals surface area contributed by atoms with Gasteiger partial charge in [0.2, 0.25) is 0 Å². The molecule has 1 aliphatic heterocycles. The summed E-state index contributed by atoms with van der Waals surface area (Å²) in [6.07, 6.45) is 4.15. The van der Waals surface area contributed by atoms with E-state index in [-0.39, 0.29) is 12.5 Å². The Labute approximate surface area is 164 Å². The number of methoxy groups -OCH3 is 2. The van der Waals surface area contributed by atoms with Crippen molar-refractivity contribution in [3.63, 3.8) is 0 Å². The number of benzene rings is 2. The molecule has 0 aliphatic carbocycles. The minimum atomic E-state index is -0.100. The van der Waals surface area contributed by atoms with Crippen molar-refractivity contribution >= 4 is 11.6 Å². The van der Waals surface area contributed by atoms with Crippen LogP contribution in [-0.2, 0) is 24.3 Å². The van der Waals surface area contributed by atoms with Crippen molar-refractivity contribution in [3.05, 3.63) is 60.6 Å². The highest BCUT2D eigenvalue weighted by atomic mass is 16.5. The van der Waals surface area contributed by atoms with Crippen LogP contribution in [0.3, 0.4) is 0 Å². The molecule has 0 atom stereocenters. The minimum absolute atomic E-state index is 0.100. The van der Waals surface area contributed by atoms with Crippen LogP contribution in [0.4, 0.5) is 5.69 Å². The summed E-state index contributed by atoms with van der Waals surface area (Å²) in [5, 5.41) is 2.95. The van der Waals surface area contributed by atoms with Gasteiger partial charge in [-0.25, -0.2) is 9.13 Å². The average Bonchev–Trinajstić information content (AvgIpc) is 3.32. The molecule has 6 nitrogen and oxygen atoms in total. The van der Waals surface area contributed by atoms with E-state index >= 15 is 0 Å². The maximum atomic E-state index is 12.8. The van der Waals surface area contributed by atoms with Gasteiger partial charge in [0.25, 0.3) is 11.7 Å². The fraction of sp³-hybridized carbons (Fsp3) is 0.273.